The number of alkyl halides is 3. The monoisotopic (exact) mass is 320 g/mol. The third kappa shape index (κ3) is 3.45. The minimum absolute atomic E-state index is 0.0616. The topological polar surface area (TPSA) is 54.1 Å². The lowest BCUT2D eigenvalue weighted by molar-refractivity contribution is -0.274. The molecule has 118 valence electrons. The Morgan fingerprint density at radius 3 is 2.48 bits per heavy atom. The fraction of sp³-hybridized carbons (Fsp3) is 0.0625. The number of H-pyrrole nitrogens is 1. The van der Waals surface area contributed by atoms with E-state index in [4.69, 9.17) is 0 Å². The van der Waals surface area contributed by atoms with Crippen molar-refractivity contribution < 1.29 is 22.7 Å². The van der Waals surface area contributed by atoms with Crippen LogP contribution in [0.25, 0.3) is 10.9 Å². The van der Waals surface area contributed by atoms with Gasteiger partial charge < -0.3 is 15.0 Å². The highest BCUT2D eigenvalue weighted by Gasteiger charge is 2.32. The average molecular weight is 320 g/mol. The summed E-state index contributed by atoms with van der Waals surface area (Å²) in [6.45, 7) is 0. The first-order valence-electron chi connectivity index (χ1n) is 6.66. The second-order valence-corrected chi connectivity index (χ2v) is 4.77. The van der Waals surface area contributed by atoms with Crippen LogP contribution in [0.3, 0.4) is 0 Å². The van der Waals surface area contributed by atoms with Gasteiger partial charge in [-0.05, 0) is 24.3 Å². The summed E-state index contributed by atoms with van der Waals surface area (Å²) in [5, 5.41) is 3.25. The highest BCUT2D eigenvalue weighted by atomic mass is 19.4. The number of benzene rings is 2. The fourth-order valence-corrected chi connectivity index (χ4v) is 2.17. The predicted molar refractivity (Wildman–Crippen MR) is 79.4 cm³/mol. The molecule has 3 aromatic rings. The van der Waals surface area contributed by atoms with E-state index in [2.05, 4.69) is 15.0 Å². The number of anilines is 1. The van der Waals surface area contributed by atoms with E-state index in [-0.39, 0.29) is 11.4 Å². The summed E-state index contributed by atoms with van der Waals surface area (Å²) < 4.78 is 41.0. The maximum absolute atomic E-state index is 12.4. The molecule has 0 bridgehead atoms. The second kappa shape index (κ2) is 5.68. The number of nitrogens with one attached hydrogen (secondary N) is 2. The van der Waals surface area contributed by atoms with E-state index in [1.165, 1.54) is 18.2 Å². The molecule has 0 saturated carbocycles. The number of carbonyl (C=O) groups excluding carboxylic acids is 1. The van der Waals surface area contributed by atoms with Crippen LogP contribution >= 0.6 is 0 Å². The lowest BCUT2D eigenvalue weighted by Crippen LogP contribution is -2.19. The molecule has 7 heteroatoms. The molecule has 3 rings (SSSR count). The van der Waals surface area contributed by atoms with E-state index in [0.29, 0.717) is 0 Å². The number of para-hydroxylation sites is 3. The van der Waals surface area contributed by atoms with Gasteiger partial charge in [0.2, 0.25) is 0 Å². The molecule has 1 amide bonds. The number of hydrogen-bond donors (Lipinski definition) is 2. The van der Waals surface area contributed by atoms with Crippen LogP contribution in [0, 0.1) is 0 Å². The molecule has 2 aromatic carbocycles. The largest absolute Gasteiger partial charge is 0.573 e. The number of fused-ring (bicyclic) bond motifs is 1. The van der Waals surface area contributed by atoms with Gasteiger partial charge in [-0.15, -0.1) is 13.2 Å². The van der Waals surface area contributed by atoms with Gasteiger partial charge >= 0.3 is 6.36 Å². The van der Waals surface area contributed by atoms with Gasteiger partial charge in [-0.2, -0.15) is 0 Å². The summed E-state index contributed by atoms with van der Waals surface area (Å²) in [5.74, 6) is -1.02. The van der Waals surface area contributed by atoms with Crippen LogP contribution in [0.1, 0.15) is 10.5 Å². The van der Waals surface area contributed by atoms with Crippen molar-refractivity contribution in [1.82, 2.24) is 4.98 Å². The first-order chi connectivity index (χ1) is 10.9. The molecule has 0 radical (unpaired) electrons. The SMILES string of the molecule is O=C(Nc1ccccc1OC(F)(F)F)c1cc2ccccc2[nH]1. The number of aromatic amines is 1. The Labute approximate surface area is 128 Å². The molecule has 0 aliphatic carbocycles. The maximum atomic E-state index is 12.4. The van der Waals surface area contributed by atoms with Gasteiger partial charge in [0.15, 0.2) is 5.75 Å². The quantitative estimate of drug-likeness (QED) is 0.755. The van der Waals surface area contributed by atoms with Crippen LogP contribution in [-0.4, -0.2) is 17.3 Å². The Hall–Kier alpha value is -2.96. The van der Waals surface area contributed by atoms with Crippen molar-refractivity contribution >= 4 is 22.5 Å². The van der Waals surface area contributed by atoms with Crippen molar-refractivity contribution in [1.29, 1.82) is 0 Å². The summed E-state index contributed by atoms with van der Waals surface area (Å²) in [6.07, 6.45) is -4.83. The Morgan fingerprint density at radius 2 is 1.74 bits per heavy atom. The maximum Gasteiger partial charge on any atom is 0.573 e. The van der Waals surface area contributed by atoms with Gasteiger partial charge in [0, 0.05) is 10.9 Å². The van der Waals surface area contributed by atoms with E-state index in [0.717, 1.165) is 17.0 Å². The highest BCUT2D eigenvalue weighted by Crippen LogP contribution is 2.30. The number of rotatable bonds is 3. The van der Waals surface area contributed by atoms with Gasteiger partial charge in [-0.1, -0.05) is 30.3 Å². The van der Waals surface area contributed by atoms with E-state index in [1.54, 1.807) is 12.1 Å². The van der Waals surface area contributed by atoms with Crippen LogP contribution in [0.15, 0.2) is 54.6 Å². The molecule has 0 spiro atoms. The third-order valence-electron chi connectivity index (χ3n) is 3.14. The van der Waals surface area contributed by atoms with Gasteiger partial charge in [-0.25, -0.2) is 0 Å². The number of hydrogen-bond acceptors (Lipinski definition) is 2. The number of aromatic nitrogens is 1. The molecule has 0 aliphatic heterocycles. The molecule has 0 fully saturated rings. The average Bonchev–Trinajstić information content (AvgIpc) is 2.92. The van der Waals surface area contributed by atoms with Crippen molar-refractivity contribution in [2.45, 2.75) is 6.36 Å². The summed E-state index contributed by atoms with van der Waals surface area (Å²) in [6, 6.07) is 14.2. The first kappa shape index (κ1) is 15.0. The smallest absolute Gasteiger partial charge is 0.404 e. The van der Waals surface area contributed by atoms with Gasteiger partial charge in [-0.3, -0.25) is 4.79 Å². The van der Waals surface area contributed by atoms with Crippen molar-refractivity contribution in [3.63, 3.8) is 0 Å². The molecule has 0 unspecified atom stereocenters. The third-order valence-corrected chi connectivity index (χ3v) is 3.14. The van der Waals surface area contributed by atoms with E-state index < -0.39 is 18.0 Å². The number of carbonyl (C=O) groups is 1. The summed E-state index contributed by atoms with van der Waals surface area (Å²) in [7, 11) is 0. The van der Waals surface area contributed by atoms with Gasteiger partial charge in [0.05, 0.1) is 5.69 Å². The molecule has 0 aliphatic rings. The molecular weight excluding hydrogens is 309 g/mol. The van der Waals surface area contributed by atoms with E-state index in [9.17, 15) is 18.0 Å². The van der Waals surface area contributed by atoms with Crippen LogP contribution in [-0.2, 0) is 0 Å². The van der Waals surface area contributed by atoms with Crippen LogP contribution in [0.2, 0.25) is 0 Å². The summed E-state index contributed by atoms with van der Waals surface area (Å²) in [5.41, 5.74) is 0.943. The molecule has 1 aromatic heterocycles. The van der Waals surface area contributed by atoms with Gasteiger partial charge in [0.1, 0.15) is 5.69 Å². The zero-order chi connectivity index (χ0) is 16.4. The predicted octanol–water partition coefficient (Wildman–Crippen LogP) is 4.32. The minimum Gasteiger partial charge on any atom is -0.404 e. The summed E-state index contributed by atoms with van der Waals surface area (Å²) in [4.78, 5) is 15.1. The van der Waals surface area contributed by atoms with Crippen molar-refractivity contribution in [2.75, 3.05) is 5.32 Å². The Balaban J connectivity index is 1.85. The van der Waals surface area contributed by atoms with Gasteiger partial charge in [0.25, 0.3) is 5.91 Å². The van der Waals surface area contributed by atoms with Crippen molar-refractivity contribution in [3.8, 4) is 5.75 Å². The minimum atomic E-state index is -4.83. The van der Waals surface area contributed by atoms with Crippen LogP contribution in [0.4, 0.5) is 18.9 Å². The molecular formula is C16H11F3N2O2. The van der Waals surface area contributed by atoms with Crippen molar-refractivity contribution in [2.24, 2.45) is 0 Å². The molecule has 23 heavy (non-hydrogen) atoms. The fourth-order valence-electron chi connectivity index (χ4n) is 2.17. The lowest BCUT2D eigenvalue weighted by atomic mass is 10.2. The standard InChI is InChI=1S/C16H11F3N2O2/c17-16(18,19)23-14-8-4-3-7-12(14)21-15(22)13-9-10-5-1-2-6-11(10)20-13/h1-9,20H,(H,21,22). The van der Waals surface area contributed by atoms with Crippen LogP contribution < -0.4 is 10.1 Å². The Kier molecular flexibility index (Phi) is 3.69. The van der Waals surface area contributed by atoms with E-state index in [1.807, 2.05) is 18.2 Å². The number of amides is 1. The normalized spacial score (nSPS) is 11.4. The number of halogens is 3. The second-order valence-electron chi connectivity index (χ2n) is 4.77. The first-order valence-corrected chi connectivity index (χ1v) is 6.66. The zero-order valence-electron chi connectivity index (χ0n) is 11.6. The Bertz CT molecular complexity index is 823. The molecule has 0 saturated heterocycles. The highest BCUT2D eigenvalue weighted by molar-refractivity contribution is 6.06. The van der Waals surface area contributed by atoms with Crippen molar-refractivity contribution in [3.05, 3.63) is 60.3 Å². The van der Waals surface area contributed by atoms with Crippen LogP contribution in [0.5, 0.6) is 5.75 Å². The Morgan fingerprint density at radius 1 is 1.04 bits per heavy atom. The van der Waals surface area contributed by atoms with E-state index >= 15 is 0 Å². The lowest BCUT2D eigenvalue weighted by Gasteiger charge is -2.13. The molecule has 0 atom stereocenters. The summed E-state index contributed by atoms with van der Waals surface area (Å²) >= 11 is 0. The number of ether oxygens (including phenoxy) is 1. The zero-order valence-corrected chi connectivity index (χ0v) is 11.6. The molecule has 1 heterocycles. The molecule has 4 nitrogen and oxygen atoms in total. The molecule has 2 N–H and O–H groups in total.